The van der Waals surface area contributed by atoms with Gasteiger partial charge in [-0.3, -0.25) is 4.72 Å². The first-order chi connectivity index (χ1) is 9.10. The molecule has 1 aromatic rings. The summed E-state index contributed by atoms with van der Waals surface area (Å²) in [7, 11) is -3.47. The highest BCUT2D eigenvalue weighted by molar-refractivity contribution is 7.92. The van der Waals surface area contributed by atoms with Crippen LogP contribution >= 0.6 is 23.2 Å². The summed E-state index contributed by atoms with van der Waals surface area (Å²) in [4.78, 5) is 0. The van der Waals surface area contributed by atoms with Crippen LogP contribution in [-0.4, -0.2) is 32.4 Å². The third-order valence-corrected chi connectivity index (χ3v) is 3.63. The van der Waals surface area contributed by atoms with E-state index in [-0.39, 0.29) is 21.8 Å². The van der Waals surface area contributed by atoms with Crippen molar-refractivity contribution in [2.75, 3.05) is 17.5 Å². The maximum atomic E-state index is 11.2. The second kappa shape index (κ2) is 6.95. The standard InChI is InChI=1S/C12H18Cl2N2O3S/c1-7(2)15-6-11(17)8-4-9(13)12(10(14)5-8)16-20(3,18)19/h4-5,7,11,15-17H,6H2,1-3H3. The third kappa shape index (κ3) is 5.46. The fourth-order valence-electron chi connectivity index (χ4n) is 1.53. The summed E-state index contributed by atoms with van der Waals surface area (Å²) in [6.45, 7) is 4.28. The summed E-state index contributed by atoms with van der Waals surface area (Å²) in [5.41, 5.74) is 0.635. The van der Waals surface area contributed by atoms with E-state index in [1.165, 1.54) is 12.1 Å². The Balaban J connectivity index is 2.98. The van der Waals surface area contributed by atoms with E-state index >= 15 is 0 Å². The molecule has 0 amide bonds. The van der Waals surface area contributed by atoms with Gasteiger partial charge in [-0.1, -0.05) is 37.0 Å². The number of aliphatic hydroxyl groups excluding tert-OH is 1. The van der Waals surface area contributed by atoms with Gasteiger partial charge in [0.15, 0.2) is 0 Å². The number of benzene rings is 1. The summed E-state index contributed by atoms with van der Waals surface area (Å²) in [5, 5.41) is 13.4. The first-order valence-electron chi connectivity index (χ1n) is 5.98. The normalized spacial score (nSPS) is 13.6. The van der Waals surface area contributed by atoms with Crippen LogP contribution in [0.15, 0.2) is 12.1 Å². The molecule has 5 nitrogen and oxygen atoms in total. The quantitative estimate of drug-likeness (QED) is 0.742. The lowest BCUT2D eigenvalue weighted by Gasteiger charge is -2.17. The predicted octanol–water partition coefficient (Wildman–Crippen LogP) is 2.40. The zero-order chi connectivity index (χ0) is 15.5. The van der Waals surface area contributed by atoms with Gasteiger partial charge in [-0.05, 0) is 17.7 Å². The van der Waals surface area contributed by atoms with Gasteiger partial charge in [-0.2, -0.15) is 0 Å². The Bertz CT molecular complexity index is 553. The Morgan fingerprint density at radius 3 is 2.15 bits per heavy atom. The van der Waals surface area contributed by atoms with Crippen molar-refractivity contribution >= 4 is 38.9 Å². The number of nitrogens with one attached hydrogen (secondary N) is 2. The zero-order valence-corrected chi connectivity index (χ0v) is 13.8. The van der Waals surface area contributed by atoms with Gasteiger partial charge in [0.05, 0.1) is 28.1 Å². The summed E-state index contributed by atoms with van der Waals surface area (Å²) >= 11 is 12.0. The molecule has 20 heavy (non-hydrogen) atoms. The van der Waals surface area contributed by atoms with Crippen LogP contribution in [0.1, 0.15) is 25.5 Å². The first-order valence-corrected chi connectivity index (χ1v) is 8.63. The second-order valence-corrected chi connectivity index (χ2v) is 7.38. The molecular weight excluding hydrogens is 323 g/mol. The van der Waals surface area contributed by atoms with Crippen molar-refractivity contribution in [2.24, 2.45) is 0 Å². The Kier molecular flexibility index (Phi) is 6.09. The SMILES string of the molecule is CC(C)NCC(O)c1cc(Cl)c(NS(C)(=O)=O)c(Cl)c1. The molecule has 0 heterocycles. The first kappa shape index (κ1) is 17.5. The molecule has 0 fully saturated rings. The van der Waals surface area contributed by atoms with Crippen molar-refractivity contribution in [1.29, 1.82) is 0 Å². The maximum Gasteiger partial charge on any atom is 0.229 e. The van der Waals surface area contributed by atoms with Crippen LogP contribution in [0.3, 0.4) is 0 Å². The number of anilines is 1. The molecule has 0 saturated heterocycles. The molecule has 8 heteroatoms. The molecule has 0 aromatic heterocycles. The van der Waals surface area contributed by atoms with Crippen molar-refractivity contribution in [1.82, 2.24) is 5.32 Å². The van der Waals surface area contributed by atoms with Crippen LogP contribution in [0.4, 0.5) is 5.69 Å². The predicted molar refractivity (Wildman–Crippen MR) is 83.0 cm³/mol. The topological polar surface area (TPSA) is 78.4 Å². The van der Waals surface area contributed by atoms with Gasteiger partial charge < -0.3 is 10.4 Å². The van der Waals surface area contributed by atoms with Crippen molar-refractivity contribution in [3.63, 3.8) is 0 Å². The van der Waals surface area contributed by atoms with Crippen LogP contribution in [0.25, 0.3) is 0 Å². The van der Waals surface area contributed by atoms with Gasteiger partial charge in [-0.15, -0.1) is 0 Å². The summed E-state index contributed by atoms with van der Waals surface area (Å²) in [6, 6.07) is 3.23. The van der Waals surface area contributed by atoms with Crippen LogP contribution < -0.4 is 10.0 Å². The average molecular weight is 341 g/mol. The highest BCUT2D eigenvalue weighted by Crippen LogP contribution is 2.34. The van der Waals surface area contributed by atoms with Crippen LogP contribution in [-0.2, 0) is 10.0 Å². The van der Waals surface area contributed by atoms with Gasteiger partial charge in [0.25, 0.3) is 0 Å². The molecule has 0 saturated carbocycles. The van der Waals surface area contributed by atoms with E-state index in [9.17, 15) is 13.5 Å². The molecule has 0 aliphatic heterocycles. The molecule has 0 spiro atoms. The largest absolute Gasteiger partial charge is 0.387 e. The second-order valence-electron chi connectivity index (χ2n) is 4.81. The molecule has 0 radical (unpaired) electrons. The van der Waals surface area contributed by atoms with Crippen LogP contribution in [0.2, 0.25) is 10.0 Å². The Morgan fingerprint density at radius 1 is 1.25 bits per heavy atom. The van der Waals surface area contributed by atoms with Gasteiger partial charge in [0, 0.05) is 12.6 Å². The Hall–Kier alpha value is -0.530. The average Bonchev–Trinajstić information content (AvgIpc) is 2.29. The minimum absolute atomic E-state index is 0.114. The monoisotopic (exact) mass is 340 g/mol. The van der Waals surface area contributed by atoms with Crippen LogP contribution in [0.5, 0.6) is 0 Å². The molecule has 1 rings (SSSR count). The maximum absolute atomic E-state index is 11.2. The Morgan fingerprint density at radius 2 is 1.75 bits per heavy atom. The van der Waals surface area contributed by atoms with Crippen molar-refractivity contribution in [2.45, 2.75) is 26.0 Å². The molecule has 1 unspecified atom stereocenters. The number of aliphatic hydroxyl groups is 1. The van der Waals surface area contributed by atoms with E-state index in [4.69, 9.17) is 23.2 Å². The lowest BCUT2D eigenvalue weighted by Crippen LogP contribution is -2.27. The van der Waals surface area contributed by atoms with Crippen LogP contribution in [0, 0.1) is 0 Å². The van der Waals surface area contributed by atoms with E-state index in [1.807, 2.05) is 13.8 Å². The number of sulfonamides is 1. The fourth-order valence-corrected chi connectivity index (χ4v) is 2.83. The molecule has 1 aromatic carbocycles. The molecule has 0 aliphatic carbocycles. The molecule has 1 atom stereocenters. The third-order valence-electron chi connectivity index (χ3n) is 2.46. The summed E-state index contributed by atoms with van der Waals surface area (Å²) in [5.74, 6) is 0. The molecular formula is C12H18Cl2N2O3S. The number of rotatable bonds is 6. The molecule has 114 valence electrons. The van der Waals surface area contributed by atoms with E-state index in [0.717, 1.165) is 6.26 Å². The van der Waals surface area contributed by atoms with Crippen molar-refractivity contribution in [3.8, 4) is 0 Å². The molecule has 0 bridgehead atoms. The molecule has 3 N–H and O–H groups in total. The summed E-state index contributed by atoms with van der Waals surface area (Å²) < 4.78 is 24.7. The minimum atomic E-state index is -3.47. The van der Waals surface area contributed by atoms with E-state index in [1.54, 1.807) is 0 Å². The van der Waals surface area contributed by atoms with E-state index in [2.05, 4.69) is 10.0 Å². The van der Waals surface area contributed by atoms with Crippen molar-refractivity contribution < 1.29 is 13.5 Å². The fraction of sp³-hybridized carbons (Fsp3) is 0.500. The molecule has 0 aliphatic rings. The highest BCUT2D eigenvalue weighted by atomic mass is 35.5. The number of halogens is 2. The number of hydrogen-bond acceptors (Lipinski definition) is 4. The lowest BCUT2D eigenvalue weighted by atomic mass is 10.1. The summed E-state index contributed by atoms with van der Waals surface area (Å²) in [6.07, 6.45) is 0.231. The van der Waals surface area contributed by atoms with E-state index < -0.39 is 16.1 Å². The van der Waals surface area contributed by atoms with Gasteiger partial charge in [0.1, 0.15) is 0 Å². The Labute approximate surface area is 129 Å². The van der Waals surface area contributed by atoms with Gasteiger partial charge in [0.2, 0.25) is 10.0 Å². The smallest absolute Gasteiger partial charge is 0.229 e. The lowest BCUT2D eigenvalue weighted by molar-refractivity contribution is 0.171. The van der Waals surface area contributed by atoms with Gasteiger partial charge in [-0.25, -0.2) is 8.42 Å². The highest BCUT2D eigenvalue weighted by Gasteiger charge is 2.16. The zero-order valence-electron chi connectivity index (χ0n) is 11.4. The van der Waals surface area contributed by atoms with Gasteiger partial charge >= 0.3 is 0 Å². The van der Waals surface area contributed by atoms with Crippen molar-refractivity contribution in [3.05, 3.63) is 27.7 Å². The van der Waals surface area contributed by atoms with E-state index in [0.29, 0.717) is 12.1 Å². The number of hydrogen-bond donors (Lipinski definition) is 3. The minimum Gasteiger partial charge on any atom is -0.387 e.